The Labute approximate surface area is 301 Å². The van der Waals surface area contributed by atoms with E-state index in [1.165, 1.54) is 0 Å². The lowest BCUT2D eigenvalue weighted by Crippen LogP contribution is -2.41. The highest BCUT2D eigenvalue weighted by molar-refractivity contribution is 6.40. The third-order valence-corrected chi connectivity index (χ3v) is 9.39. The zero-order chi connectivity index (χ0) is 35.2. The molecule has 1 aliphatic rings. The molecule has 3 aromatic heterocycles. The van der Waals surface area contributed by atoms with Gasteiger partial charge in [0.2, 0.25) is 11.9 Å². The van der Waals surface area contributed by atoms with E-state index in [2.05, 4.69) is 25.6 Å². The van der Waals surface area contributed by atoms with E-state index in [-0.39, 0.29) is 18.6 Å². The predicted octanol–water partition coefficient (Wildman–Crippen LogP) is 9.10. The number of anilines is 4. The SMILES string of the molecule is CC1=C(C(N)=O)CN=C(Nc2nc3ccccc3o2)N1c1c(C)c(Nc2nc3ccccc3o2)c(Cl)c(-c2ccccc2Cl)c1-c1cccnc1. The minimum atomic E-state index is -0.604. The number of para-hydroxylation sites is 4. The van der Waals surface area contributed by atoms with E-state index < -0.39 is 5.91 Å². The highest BCUT2D eigenvalue weighted by Gasteiger charge is 2.34. The monoisotopic (exact) mass is 714 g/mol. The zero-order valence-electron chi connectivity index (χ0n) is 27.2. The summed E-state index contributed by atoms with van der Waals surface area (Å²) in [4.78, 5) is 33.3. The van der Waals surface area contributed by atoms with Gasteiger partial charge in [-0.3, -0.25) is 20.0 Å². The number of halogens is 2. The normalized spacial score (nSPS) is 13.2. The fraction of sp³-hybridized carbons (Fsp3) is 0.0789. The molecule has 0 radical (unpaired) electrons. The molecule has 0 bridgehead atoms. The number of aliphatic imine (C=N–C) groups is 1. The van der Waals surface area contributed by atoms with Gasteiger partial charge in [-0.15, -0.1) is 0 Å². The maximum absolute atomic E-state index is 12.9. The van der Waals surface area contributed by atoms with E-state index in [1.54, 1.807) is 18.5 Å². The lowest BCUT2D eigenvalue weighted by Gasteiger charge is -2.35. The van der Waals surface area contributed by atoms with Crippen molar-refractivity contribution in [1.29, 1.82) is 0 Å². The number of hydrogen-bond donors (Lipinski definition) is 3. The van der Waals surface area contributed by atoms with Crippen LogP contribution in [0.4, 0.5) is 23.4 Å². The Hall–Kier alpha value is -6.17. The number of allylic oxidation sites excluding steroid dienone is 1. The van der Waals surface area contributed by atoms with Gasteiger partial charge in [0.1, 0.15) is 11.0 Å². The van der Waals surface area contributed by atoms with Crippen LogP contribution in [-0.2, 0) is 4.79 Å². The second-order valence-electron chi connectivity index (χ2n) is 11.8. The molecule has 1 amide bonds. The minimum Gasteiger partial charge on any atom is -0.423 e. The number of hydrogen-bond acceptors (Lipinski definition) is 10. The number of rotatable bonds is 7. The average molecular weight is 716 g/mol. The molecule has 0 saturated carbocycles. The van der Waals surface area contributed by atoms with E-state index in [0.717, 1.165) is 5.56 Å². The molecule has 51 heavy (non-hydrogen) atoms. The number of guanidine groups is 1. The van der Waals surface area contributed by atoms with E-state index in [9.17, 15) is 4.79 Å². The summed E-state index contributed by atoms with van der Waals surface area (Å²) < 4.78 is 12.1. The number of benzene rings is 4. The van der Waals surface area contributed by atoms with Gasteiger partial charge in [0.15, 0.2) is 11.2 Å². The third-order valence-electron chi connectivity index (χ3n) is 8.68. The molecule has 4 N–H and O–H groups in total. The van der Waals surface area contributed by atoms with Crippen LogP contribution >= 0.6 is 23.2 Å². The highest BCUT2D eigenvalue weighted by atomic mass is 35.5. The van der Waals surface area contributed by atoms with E-state index in [4.69, 9.17) is 42.8 Å². The fourth-order valence-electron chi connectivity index (χ4n) is 6.27. The first-order valence-electron chi connectivity index (χ1n) is 15.9. The van der Waals surface area contributed by atoms with Crippen molar-refractivity contribution in [2.75, 3.05) is 22.1 Å². The zero-order valence-corrected chi connectivity index (χ0v) is 28.8. The van der Waals surface area contributed by atoms with Crippen molar-refractivity contribution in [3.63, 3.8) is 0 Å². The van der Waals surface area contributed by atoms with E-state index in [1.807, 2.05) is 97.6 Å². The molecule has 4 heterocycles. The molecule has 252 valence electrons. The summed E-state index contributed by atoms with van der Waals surface area (Å²) in [5, 5.41) is 7.45. The summed E-state index contributed by atoms with van der Waals surface area (Å²) in [5.74, 6) is -0.273. The second-order valence-corrected chi connectivity index (χ2v) is 12.5. The van der Waals surface area contributed by atoms with Crippen LogP contribution in [0.25, 0.3) is 44.5 Å². The first-order valence-corrected chi connectivity index (χ1v) is 16.6. The quantitative estimate of drug-likeness (QED) is 0.147. The van der Waals surface area contributed by atoms with Crippen LogP contribution in [0.15, 0.2) is 122 Å². The lowest BCUT2D eigenvalue weighted by atomic mass is 9.89. The van der Waals surface area contributed by atoms with Gasteiger partial charge in [0.25, 0.3) is 6.01 Å². The number of nitrogens with two attached hydrogens (primary N) is 1. The van der Waals surface area contributed by atoms with Gasteiger partial charge in [-0.25, -0.2) is 4.99 Å². The summed E-state index contributed by atoms with van der Waals surface area (Å²) in [6, 6.07) is 26.5. The van der Waals surface area contributed by atoms with Crippen molar-refractivity contribution in [2.45, 2.75) is 13.8 Å². The number of nitrogens with one attached hydrogen (secondary N) is 2. The summed E-state index contributed by atoms with van der Waals surface area (Å²) >= 11 is 14.4. The first-order chi connectivity index (χ1) is 24.8. The Morgan fingerprint density at radius 2 is 1.47 bits per heavy atom. The molecule has 7 aromatic rings. The molecule has 1 aliphatic heterocycles. The standard InChI is InChI=1S/C38H28Cl2N8O3/c1-20-33(46-37-44-26-13-5-7-15-28(26)50-37)32(40)31(23-11-3-4-12-25(23)39)30(22-10-9-17-42-18-22)34(20)48-21(2)24(35(41)49)19-43-36(48)47-38-45-27-14-6-8-16-29(27)51-38/h3-18H,19H2,1-2H3,(H2,41,49)(H,44,46)(H,43,45,47). The predicted molar refractivity (Wildman–Crippen MR) is 201 cm³/mol. The van der Waals surface area contributed by atoms with Crippen LogP contribution in [0.2, 0.25) is 10.0 Å². The molecule has 0 atom stereocenters. The smallest absolute Gasteiger partial charge is 0.302 e. The topological polar surface area (TPSA) is 148 Å². The van der Waals surface area contributed by atoms with Gasteiger partial charge >= 0.3 is 6.01 Å². The van der Waals surface area contributed by atoms with Crippen molar-refractivity contribution in [3.8, 4) is 22.3 Å². The van der Waals surface area contributed by atoms with Crippen molar-refractivity contribution in [3.05, 3.63) is 124 Å². The summed E-state index contributed by atoms with van der Waals surface area (Å²) in [5.41, 5.74) is 13.7. The van der Waals surface area contributed by atoms with Crippen LogP contribution in [-0.4, -0.2) is 33.4 Å². The number of oxazole rings is 2. The van der Waals surface area contributed by atoms with Crippen LogP contribution < -0.4 is 21.3 Å². The van der Waals surface area contributed by atoms with Crippen molar-refractivity contribution >= 4 is 80.7 Å². The van der Waals surface area contributed by atoms with Gasteiger partial charge in [-0.1, -0.05) is 71.7 Å². The Morgan fingerprint density at radius 1 is 0.824 bits per heavy atom. The van der Waals surface area contributed by atoms with Gasteiger partial charge in [-0.05, 0) is 55.8 Å². The number of primary amides is 1. The number of carbonyl (C=O) groups is 1. The largest absolute Gasteiger partial charge is 0.423 e. The second kappa shape index (κ2) is 12.9. The number of fused-ring (bicyclic) bond motifs is 2. The van der Waals surface area contributed by atoms with Gasteiger partial charge in [-0.2, -0.15) is 9.97 Å². The molecule has 0 aliphatic carbocycles. The Kier molecular flexibility index (Phi) is 8.13. The van der Waals surface area contributed by atoms with E-state index >= 15 is 0 Å². The van der Waals surface area contributed by atoms with Crippen LogP contribution in [0, 0.1) is 6.92 Å². The molecular weight excluding hydrogens is 687 g/mol. The molecule has 8 rings (SSSR count). The lowest BCUT2D eigenvalue weighted by molar-refractivity contribution is -0.114. The number of nitrogens with zero attached hydrogens (tertiary/aromatic N) is 5. The van der Waals surface area contributed by atoms with Crippen molar-refractivity contribution in [2.24, 2.45) is 10.7 Å². The fourth-order valence-corrected chi connectivity index (χ4v) is 6.89. The minimum absolute atomic E-state index is 0.0282. The molecule has 0 unspecified atom stereocenters. The third kappa shape index (κ3) is 5.72. The van der Waals surface area contributed by atoms with Crippen LogP contribution in [0.5, 0.6) is 0 Å². The molecule has 13 heteroatoms. The van der Waals surface area contributed by atoms with Crippen molar-refractivity contribution in [1.82, 2.24) is 15.0 Å². The van der Waals surface area contributed by atoms with Gasteiger partial charge < -0.3 is 19.9 Å². The van der Waals surface area contributed by atoms with E-state index in [0.29, 0.717) is 83.1 Å². The molecule has 11 nitrogen and oxygen atoms in total. The Bertz CT molecular complexity index is 2490. The molecule has 0 fully saturated rings. The molecular formula is C38H28Cl2N8O3. The maximum atomic E-state index is 12.9. The maximum Gasteiger partial charge on any atom is 0.302 e. The van der Waals surface area contributed by atoms with Crippen LogP contribution in [0.3, 0.4) is 0 Å². The highest BCUT2D eigenvalue weighted by Crippen LogP contribution is 2.53. The van der Waals surface area contributed by atoms with Crippen LogP contribution in [0.1, 0.15) is 12.5 Å². The summed E-state index contributed by atoms with van der Waals surface area (Å²) in [6.07, 6.45) is 3.43. The molecule has 0 saturated heterocycles. The number of aromatic nitrogens is 3. The van der Waals surface area contributed by atoms with Gasteiger partial charge in [0, 0.05) is 45.4 Å². The number of amides is 1. The van der Waals surface area contributed by atoms with Crippen molar-refractivity contribution < 1.29 is 13.6 Å². The Morgan fingerprint density at radius 3 is 2.10 bits per heavy atom. The Balaban J connectivity index is 1.43. The number of pyridine rings is 1. The first kappa shape index (κ1) is 32.1. The summed E-state index contributed by atoms with van der Waals surface area (Å²) in [7, 11) is 0. The summed E-state index contributed by atoms with van der Waals surface area (Å²) in [6.45, 7) is 3.75. The average Bonchev–Trinajstić information content (AvgIpc) is 3.74. The number of carbonyl (C=O) groups excluding carboxylic acids is 1. The molecule has 0 spiro atoms. The van der Waals surface area contributed by atoms with Gasteiger partial charge in [0.05, 0.1) is 28.5 Å². The molecule has 4 aromatic carbocycles.